The average molecular weight is 193 g/mol. The van der Waals surface area contributed by atoms with E-state index in [0.29, 0.717) is 5.75 Å². The highest BCUT2D eigenvalue weighted by atomic mass is 32.1. The molecule has 0 bridgehead atoms. The zero-order valence-electron chi connectivity index (χ0n) is 6.77. The number of para-hydroxylation sites is 1. The number of hydrogen-bond donors (Lipinski definition) is 0. The van der Waals surface area contributed by atoms with Gasteiger partial charge in [-0.25, -0.2) is 9.79 Å². The molecule has 0 aromatic heterocycles. The Balaban J connectivity index is 2.50. The van der Waals surface area contributed by atoms with Crippen molar-refractivity contribution in [2.75, 3.05) is 6.54 Å². The van der Waals surface area contributed by atoms with Crippen molar-refractivity contribution in [3.05, 3.63) is 30.3 Å². The lowest BCUT2D eigenvalue weighted by Gasteiger charge is -1.99. The second-order valence-corrected chi connectivity index (χ2v) is 2.38. The van der Waals surface area contributed by atoms with E-state index in [2.05, 4.69) is 22.4 Å². The smallest absolute Gasteiger partial charge is 0.333 e. The van der Waals surface area contributed by atoms with Crippen molar-refractivity contribution in [3.63, 3.8) is 0 Å². The molecule has 0 saturated carbocycles. The highest BCUT2D eigenvalue weighted by Gasteiger charge is 2.01. The molecule has 0 heterocycles. The van der Waals surface area contributed by atoms with E-state index in [-0.39, 0.29) is 6.54 Å². The number of benzene rings is 1. The number of hydrogen-bond acceptors (Lipinski definition) is 4. The Morgan fingerprint density at radius 1 is 1.46 bits per heavy atom. The van der Waals surface area contributed by atoms with Crippen molar-refractivity contribution in [1.29, 1.82) is 0 Å². The van der Waals surface area contributed by atoms with Gasteiger partial charge in [0.25, 0.3) is 0 Å². The molecule has 66 valence electrons. The molecule has 1 aromatic carbocycles. The lowest BCUT2D eigenvalue weighted by Crippen LogP contribution is -2.10. The van der Waals surface area contributed by atoms with Crippen LogP contribution < -0.4 is 4.74 Å². The van der Waals surface area contributed by atoms with E-state index in [4.69, 9.17) is 4.74 Å². The zero-order chi connectivity index (χ0) is 9.52. The van der Waals surface area contributed by atoms with Gasteiger partial charge < -0.3 is 4.74 Å². The van der Waals surface area contributed by atoms with Crippen LogP contribution in [0.4, 0.5) is 0 Å². The fraction of sp³-hybridized carbons (Fsp3) is 0.111. The van der Waals surface area contributed by atoms with Crippen LogP contribution >= 0.6 is 12.2 Å². The number of rotatable bonds is 3. The Morgan fingerprint density at radius 3 is 2.77 bits per heavy atom. The third-order valence-corrected chi connectivity index (χ3v) is 1.38. The molecule has 0 amide bonds. The van der Waals surface area contributed by atoms with Gasteiger partial charge in [-0.3, -0.25) is 0 Å². The molecule has 0 N–H and O–H groups in total. The maximum Gasteiger partial charge on any atom is 0.333 e. The maximum atomic E-state index is 11.0. The second kappa shape index (κ2) is 5.19. The molecule has 0 atom stereocenters. The molecule has 0 aliphatic rings. The minimum Gasteiger partial charge on any atom is -0.425 e. The molecule has 0 spiro atoms. The van der Waals surface area contributed by atoms with Crippen LogP contribution in [-0.2, 0) is 4.79 Å². The highest BCUT2D eigenvalue weighted by Crippen LogP contribution is 2.07. The number of carbonyl (C=O) groups is 1. The van der Waals surface area contributed by atoms with Crippen LogP contribution in [0, 0.1) is 0 Å². The molecule has 0 aliphatic carbocycles. The number of nitrogens with zero attached hydrogens (tertiary/aromatic N) is 1. The maximum absolute atomic E-state index is 11.0. The molecule has 0 radical (unpaired) electrons. The van der Waals surface area contributed by atoms with Gasteiger partial charge in [0, 0.05) is 0 Å². The molecule has 0 aliphatic heterocycles. The van der Waals surface area contributed by atoms with Gasteiger partial charge in [-0.05, 0) is 24.4 Å². The first-order chi connectivity index (χ1) is 6.33. The zero-order valence-corrected chi connectivity index (χ0v) is 7.58. The van der Waals surface area contributed by atoms with E-state index >= 15 is 0 Å². The summed E-state index contributed by atoms with van der Waals surface area (Å²) in [6.07, 6.45) is 0. The third kappa shape index (κ3) is 3.60. The number of ether oxygens (including phenoxy) is 1. The predicted molar refractivity (Wildman–Crippen MR) is 52.0 cm³/mol. The van der Waals surface area contributed by atoms with Crippen LogP contribution in [0.3, 0.4) is 0 Å². The summed E-state index contributed by atoms with van der Waals surface area (Å²) in [4.78, 5) is 14.4. The Morgan fingerprint density at radius 2 is 2.15 bits per heavy atom. The van der Waals surface area contributed by atoms with Gasteiger partial charge in [0.15, 0.2) is 0 Å². The van der Waals surface area contributed by atoms with Crippen molar-refractivity contribution < 1.29 is 9.53 Å². The van der Waals surface area contributed by atoms with E-state index in [1.807, 2.05) is 6.07 Å². The van der Waals surface area contributed by atoms with E-state index in [9.17, 15) is 4.79 Å². The van der Waals surface area contributed by atoms with Gasteiger partial charge >= 0.3 is 5.97 Å². The number of isothiocyanates is 1. The van der Waals surface area contributed by atoms with Crippen LogP contribution in [-0.4, -0.2) is 17.7 Å². The Hall–Kier alpha value is -1.51. The van der Waals surface area contributed by atoms with Crippen molar-refractivity contribution in [1.82, 2.24) is 0 Å². The van der Waals surface area contributed by atoms with Gasteiger partial charge in [0.1, 0.15) is 12.3 Å². The van der Waals surface area contributed by atoms with Crippen LogP contribution in [0.1, 0.15) is 0 Å². The predicted octanol–water partition coefficient (Wildman–Crippen LogP) is 1.69. The SMILES string of the molecule is O=C(CN=C=S)Oc1ccccc1. The molecular formula is C9H7NO2S. The number of thiocarbonyl (C=S) groups is 1. The lowest BCUT2D eigenvalue weighted by atomic mass is 10.3. The summed E-state index contributed by atoms with van der Waals surface area (Å²) in [5, 5.41) is 2.09. The monoisotopic (exact) mass is 193 g/mol. The molecule has 1 rings (SSSR count). The molecule has 0 fully saturated rings. The minimum atomic E-state index is -0.441. The first-order valence-corrected chi connectivity index (χ1v) is 4.03. The average Bonchev–Trinajstić information content (AvgIpc) is 2.16. The Kier molecular flexibility index (Phi) is 3.82. The quantitative estimate of drug-likeness (QED) is 0.317. The van der Waals surface area contributed by atoms with Crippen molar-refractivity contribution in [2.24, 2.45) is 4.99 Å². The van der Waals surface area contributed by atoms with Crippen molar-refractivity contribution in [3.8, 4) is 5.75 Å². The van der Waals surface area contributed by atoms with E-state index in [0.717, 1.165) is 0 Å². The molecule has 13 heavy (non-hydrogen) atoms. The summed E-state index contributed by atoms with van der Waals surface area (Å²) < 4.78 is 4.90. The highest BCUT2D eigenvalue weighted by molar-refractivity contribution is 7.78. The first kappa shape index (κ1) is 9.58. The van der Waals surface area contributed by atoms with Crippen LogP contribution in [0.5, 0.6) is 5.75 Å². The summed E-state index contributed by atoms with van der Waals surface area (Å²) in [6, 6.07) is 8.79. The molecule has 4 heteroatoms. The van der Waals surface area contributed by atoms with Gasteiger partial charge in [0.2, 0.25) is 0 Å². The Bertz CT molecular complexity index is 331. The minimum absolute atomic E-state index is 0.0849. The molecular weight excluding hydrogens is 186 g/mol. The van der Waals surface area contributed by atoms with E-state index in [1.54, 1.807) is 24.3 Å². The summed E-state index contributed by atoms with van der Waals surface area (Å²) in [6.45, 7) is -0.0849. The molecule has 3 nitrogen and oxygen atoms in total. The van der Waals surface area contributed by atoms with E-state index in [1.165, 1.54) is 0 Å². The normalized spacial score (nSPS) is 8.62. The third-order valence-electron chi connectivity index (χ3n) is 1.25. The van der Waals surface area contributed by atoms with Gasteiger partial charge in [-0.15, -0.1) is 0 Å². The summed E-state index contributed by atoms with van der Waals surface area (Å²) >= 11 is 4.31. The summed E-state index contributed by atoms with van der Waals surface area (Å²) in [7, 11) is 0. The Labute approximate surface area is 81.1 Å². The van der Waals surface area contributed by atoms with Crippen LogP contribution in [0.15, 0.2) is 35.3 Å². The van der Waals surface area contributed by atoms with E-state index < -0.39 is 5.97 Å². The standard InChI is InChI=1S/C9H7NO2S/c11-9(6-10-7-13)12-8-4-2-1-3-5-8/h1-5H,6H2. The first-order valence-electron chi connectivity index (χ1n) is 3.62. The molecule has 0 unspecified atom stereocenters. The van der Waals surface area contributed by atoms with Crippen LogP contribution in [0.25, 0.3) is 0 Å². The second-order valence-electron chi connectivity index (χ2n) is 2.19. The fourth-order valence-corrected chi connectivity index (χ4v) is 0.814. The number of aliphatic imine (C=N–C) groups is 1. The van der Waals surface area contributed by atoms with Crippen LogP contribution in [0.2, 0.25) is 0 Å². The lowest BCUT2D eigenvalue weighted by molar-refractivity contribution is -0.132. The molecule has 1 aromatic rings. The largest absolute Gasteiger partial charge is 0.425 e. The topological polar surface area (TPSA) is 38.7 Å². The van der Waals surface area contributed by atoms with Gasteiger partial charge in [-0.1, -0.05) is 18.2 Å². The van der Waals surface area contributed by atoms with Crippen molar-refractivity contribution >= 4 is 23.3 Å². The van der Waals surface area contributed by atoms with Crippen molar-refractivity contribution in [2.45, 2.75) is 0 Å². The number of carbonyl (C=O) groups excluding carboxylic acids is 1. The summed E-state index contributed by atoms with van der Waals surface area (Å²) in [5.74, 6) is 0.0654. The fourth-order valence-electron chi connectivity index (χ4n) is 0.749. The molecule has 0 saturated heterocycles. The number of esters is 1. The van der Waals surface area contributed by atoms with Gasteiger partial charge in [0.05, 0.1) is 5.16 Å². The summed E-state index contributed by atoms with van der Waals surface area (Å²) in [5.41, 5.74) is 0. The van der Waals surface area contributed by atoms with Gasteiger partial charge in [-0.2, -0.15) is 0 Å².